The van der Waals surface area contributed by atoms with Gasteiger partial charge >= 0.3 is 6.18 Å². The predicted molar refractivity (Wildman–Crippen MR) is 85.3 cm³/mol. The van der Waals surface area contributed by atoms with Crippen molar-refractivity contribution in [2.24, 2.45) is 5.92 Å². The van der Waals surface area contributed by atoms with Gasteiger partial charge in [0.1, 0.15) is 0 Å². The van der Waals surface area contributed by atoms with Crippen LogP contribution in [0.4, 0.5) is 13.2 Å². The average molecular weight is 340 g/mol. The zero-order valence-electron chi connectivity index (χ0n) is 13.7. The molecule has 2 fully saturated rings. The van der Waals surface area contributed by atoms with Crippen LogP contribution in [-0.4, -0.2) is 18.0 Å². The van der Waals surface area contributed by atoms with Gasteiger partial charge in [0.15, 0.2) is 0 Å². The Kier molecular flexibility index (Phi) is 4.85. The number of benzene rings is 1. The summed E-state index contributed by atoms with van der Waals surface area (Å²) in [4.78, 5) is 12.3. The van der Waals surface area contributed by atoms with Gasteiger partial charge in [-0.15, -0.1) is 0 Å². The van der Waals surface area contributed by atoms with Crippen molar-refractivity contribution < 1.29 is 18.0 Å². The summed E-state index contributed by atoms with van der Waals surface area (Å²) in [7, 11) is 0. The normalized spacial score (nSPS) is 27.8. The lowest BCUT2D eigenvalue weighted by Crippen LogP contribution is -2.40. The monoisotopic (exact) mass is 340 g/mol. The minimum absolute atomic E-state index is 0.0776. The number of carbonyl (C=O) groups is 1. The molecule has 2 aliphatic rings. The molecule has 1 amide bonds. The van der Waals surface area contributed by atoms with Gasteiger partial charge in [-0.25, -0.2) is 0 Å². The van der Waals surface area contributed by atoms with Crippen LogP contribution in [0.25, 0.3) is 0 Å². The van der Waals surface area contributed by atoms with E-state index in [1.54, 1.807) is 13.0 Å². The maximum Gasteiger partial charge on any atom is 0.416 e. The summed E-state index contributed by atoms with van der Waals surface area (Å²) >= 11 is 0. The van der Waals surface area contributed by atoms with Crippen LogP contribution in [0.2, 0.25) is 0 Å². The molecule has 0 spiro atoms. The lowest BCUT2D eigenvalue weighted by atomic mass is 9.89. The third-order valence-electron chi connectivity index (χ3n) is 5.14. The molecule has 2 heterocycles. The summed E-state index contributed by atoms with van der Waals surface area (Å²) in [5.41, 5.74) is -0.209. The molecular weight excluding hydrogens is 317 g/mol. The van der Waals surface area contributed by atoms with E-state index in [4.69, 9.17) is 0 Å². The van der Waals surface area contributed by atoms with E-state index in [1.165, 1.54) is 18.9 Å². The summed E-state index contributed by atoms with van der Waals surface area (Å²) in [6, 6.07) is 5.78. The molecule has 2 saturated heterocycles. The molecule has 0 radical (unpaired) electrons. The minimum Gasteiger partial charge on any atom is -0.350 e. The Balaban J connectivity index is 1.56. The lowest BCUT2D eigenvalue weighted by molar-refractivity contribution is -0.137. The van der Waals surface area contributed by atoms with Crippen LogP contribution in [0.15, 0.2) is 24.3 Å². The third-order valence-corrected chi connectivity index (χ3v) is 5.14. The molecule has 3 rings (SSSR count). The highest BCUT2D eigenvalue weighted by Gasteiger charge is 2.34. The van der Waals surface area contributed by atoms with Crippen LogP contribution in [0.1, 0.15) is 56.2 Å². The first-order valence-corrected chi connectivity index (χ1v) is 8.54. The summed E-state index contributed by atoms with van der Waals surface area (Å²) in [6.07, 6.45) is 0.489. The van der Waals surface area contributed by atoms with Crippen LogP contribution < -0.4 is 10.6 Å². The predicted octanol–water partition coefficient (Wildman–Crippen LogP) is 3.80. The Morgan fingerprint density at radius 3 is 2.58 bits per heavy atom. The highest BCUT2D eigenvalue weighted by atomic mass is 19.4. The molecule has 1 aromatic rings. The summed E-state index contributed by atoms with van der Waals surface area (Å²) in [6.45, 7) is 1.72. The molecule has 24 heavy (non-hydrogen) atoms. The third kappa shape index (κ3) is 4.09. The van der Waals surface area contributed by atoms with E-state index in [9.17, 15) is 18.0 Å². The number of piperidine rings is 1. The van der Waals surface area contributed by atoms with Crippen molar-refractivity contribution >= 4 is 5.91 Å². The maximum absolute atomic E-state index is 12.8. The van der Waals surface area contributed by atoms with Gasteiger partial charge in [0.25, 0.3) is 0 Å². The fraction of sp³-hybridized carbons (Fsp3) is 0.611. The summed E-state index contributed by atoms with van der Waals surface area (Å²) in [5.74, 6) is 0.295. The van der Waals surface area contributed by atoms with Gasteiger partial charge in [0.05, 0.1) is 11.6 Å². The first-order valence-electron chi connectivity index (χ1n) is 8.54. The van der Waals surface area contributed by atoms with Crippen molar-refractivity contribution in [2.75, 3.05) is 0 Å². The first kappa shape index (κ1) is 17.3. The zero-order chi connectivity index (χ0) is 17.3. The van der Waals surface area contributed by atoms with Gasteiger partial charge in [0, 0.05) is 18.5 Å². The molecule has 0 aromatic heterocycles. The Morgan fingerprint density at radius 1 is 1.29 bits per heavy atom. The molecule has 2 bridgehead atoms. The van der Waals surface area contributed by atoms with Crippen molar-refractivity contribution in [1.29, 1.82) is 0 Å². The molecule has 0 aliphatic carbocycles. The topological polar surface area (TPSA) is 41.1 Å². The van der Waals surface area contributed by atoms with Gasteiger partial charge in [-0.2, -0.15) is 13.2 Å². The first-order chi connectivity index (χ1) is 11.3. The quantitative estimate of drug-likeness (QED) is 0.875. The second-order valence-corrected chi connectivity index (χ2v) is 7.09. The molecular formula is C18H23F3N2O. The van der Waals surface area contributed by atoms with Crippen LogP contribution in [0, 0.1) is 5.92 Å². The average Bonchev–Trinajstić information content (AvgIpc) is 2.85. The van der Waals surface area contributed by atoms with Gasteiger partial charge in [-0.3, -0.25) is 4.79 Å². The van der Waals surface area contributed by atoms with Crippen molar-refractivity contribution in [3.8, 4) is 0 Å². The zero-order valence-corrected chi connectivity index (χ0v) is 13.7. The number of hydrogen-bond acceptors (Lipinski definition) is 2. The number of halogens is 3. The van der Waals surface area contributed by atoms with E-state index in [0.29, 0.717) is 30.0 Å². The SMILES string of the molecule is CC(NC(=O)CC1CC2CCC(C1)N2)c1cccc(C(F)(F)F)c1. The van der Waals surface area contributed by atoms with Gasteiger partial charge in [-0.05, 0) is 56.2 Å². The van der Waals surface area contributed by atoms with Crippen LogP contribution in [0.3, 0.4) is 0 Å². The second-order valence-electron chi connectivity index (χ2n) is 7.09. The number of hydrogen-bond donors (Lipinski definition) is 2. The lowest BCUT2D eigenvalue weighted by Gasteiger charge is -2.29. The van der Waals surface area contributed by atoms with Crippen LogP contribution in [0.5, 0.6) is 0 Å². The Labute approximate surface area is 140 Å². The Hall–Kier alpha value is -1.56. The molecule has 0 saturated carbocycles. The van der Waals surface area contributed by atoms with Crippen LogP contribution in [-0.2, 0) is 11.0 Å². The molecule has 132 valence electrons. The van der Waals surface area contributed by atoms with E-state index < -0.39 is 17.8 Å². The Bertz CT molecular complexity index is 590. The van der Waals surface area contributed by atoms with E-state index in [2.05, 4.69) is 10.6 Å². The molecule has 1 aromatic carbocycles. The standard InChI is InChI=1S/C18H23F3N2O/c1-11(13-3-2-4-14(10-13)18(19,20)21)22-17(24)9-12-7-15-5-6-16(8-12)23-15/h2-4,10-12,15-16,23H,5-9H2,1H3,(H,22,24). The number of alkyl halides is 3. The van der Waals surface area contributed by atoms with Gasteiger partial charge < -0.3 is 10.6 Å². The largest absolute Gasteiger partial charge is 0.416 e. The molecule has 3 atom stereocenters. The smallest absolute Gasteiger partial charge is 0.350 e. The highest BCUT2D eigenvalue weighted by molar-refractivity contribution is 5.76. The summed E-state index contributed by atoms with van der Waals surface area (Å²) in [5, 5.41) is 6.39. The highest BCUT2D eigenvalue weighted by Crippen LogP contribution is 2.33. The van der Waals surface area contributed by atoms with Crippen molar-refractivity contribution in [3.63, 3.8) is 0 Å². The van der Waals surface area contributed by atoms with Crippen molar-refractivity contribution in [2.45, 2.75) is 63.3 Å². The van der Waals surface area contributed by atoms with Gasteiger partial charge in [0.2, 0.25) is 5.91 Å². The molecule has 6 heteroatoms. The molecule has 3 unspecified atom stereocenters. The Morgan fingerprint density at radius 2 is 1.96 bits per heavy atom. The van der Waals surface area contributed by atoms with Crippen molar-refractivity contribution in [3.05, 3.63) is 35.4 Å². The van der Waals surface area contributed by atoms with E-state index in [-0.39, 0.29) is 5.91 Å². The molecule has 3 nitrogen and oxygen atoms in total. The fourth-order valence-electron chi connectivity index (χ4n) is 3.97. The number of fused-ring (bicyclic) bond motifs is 2. The number of carbonyl (C=O) groups excluding carboxylic acids is 1. The van der Waals surface area contributed by atoms with Crippen molar-refractivity contribution in [1.82, 2.24) is 10.6 Å². The molecule has 2 N–H and O–H groups in total. The number of rotatable bonds is 4. The van der Waals surface area contributed by atoms with E-state index in [0.717, 1.165) is 25.0 Å². The van der Waals surface area contributed by atoms with Gasteiger partial charge in [-0.1, -0.05) is 12.1 Å². The second kappa shape index (κ2) is 6.75. The minimum atomic E-state index is -4.37. The number of amides is 1. The van der Waals surface area contributed by atoms with E-state index >= 15 is 0 Å². The van der Waals surface area contributed by atoms with Crippen LogP contribution >= 0.6 is 0 Å². The number of nitrogens with one attached hydrogen (secondary N) is 2. The fourth-order valence-corrected chi connectivity index (χ4v) is 3.97. The maximum atomic E-state index is 12.8. The summed E-state index contributed by atoms with van der Waals surface area (Å²) < 4.78 is 38.4. The molecule has 2 aliphatic heterocycles. The van der Waals surface area contributed by atoms with E-state index in [1.807, 2.05) is 0 Å².